The summed E-state index contributed by atoms with van der Waals surface area (Å²) in [5.74, 6) is 1.94. The summed E-state index contributed by atoms with van der Waals surface area (Å²) in [6, 6.07) is 11.1. The maximum absolute atomic E-state index is 12.7. The van der Waals surface area contributed by atoms with Crippen molar-refractivity contribution in [1.82, 2.24) is 19.4 Å². The van der Waals surface area contributed by atoms with Gasteiger partial charge >= 0.3 is 0 Å². The quantitative estimate of drug-likeness (QED) is 0.464. The van der Waals surface area contributed by atoms with E-state index in [2.05, 4.69) is 29.1 Å². The normalized spacial score (nSPS) is 17.6. The number of pyridine rings is 1. The molecule has 1 aliphatic heterocycles. The largest absolute Gasteiger partial charge is 0.382 e. The number of benzene rings is 1. The Balaban J connectivity index is 1.48. The third kappa shape index (κ3) is 4.24. The number of nitrogens with zero attached hydrogens (tertiary/aromatic N) is 4. The minimum atomic E-state index is -0.217. The number of amides is 1. The fourth-order valence-electron chi connectivity index (χ4n) is 4.60. The van der Waals surface area contributed by atoms with Crippen molar-refractivity contribution in [3.63, 3.8) is 0 Å². The van der Waals surface area contributed by atoms with Gasteiger partial charge in [0.2, 0.25) is 0 Å². The molecule has 4 aromatic rings. The zero-order chi connectivity index (χ0) is 23.9. The number of ether oxygens (including phenoxy) is 1. The lowest BCUT2D eigenvalue weighted by Crippen LogP contribution is -2.33. The second-order valence-corrected chi connectivity index (χ2v) is 9.40. The molecule has 174 valence electrons. The van der Waals surface area contributed by atoms with Gasteiger partial charge in [0.15, 0.2) is 0 Å². The van der Waals surface area contributed by atoms with E-state index in [1.807, 2.05) is 41.8 Å². The summed E-state index contributed by atoms with van der Waals surface area (Å²) in [5, 5.41) is 2.84. The van der Waals surface area contributed by atoms with Crippen LogP contribution in [-0.4, -0.2) is 37.5 Å². The first-order valence-electron chi connectivity index (χ1n) is 11.4. The first kappa shape index (κ1) is 22.0. The first-order chi connectivity index (χ1) is 16.3. The standard InChI is InChI=1S/C26H28N6O2/c1-16-8-10-28-20(14-16)30-25(33)18-6-4-17(5-7-18)21-22-23(27)29-11-12-32(22)24(31-21)19-9-13-34-26(2,3)15-19/h4-8,10-12,14,19H,9,13,15H2,1-3H3,(H2,27,29)(H,28,30,33). The number of nitrogens with one attached hydrogen (secondary N) is 1. The van der Waals surface area contributed by atoms with Crippen molar-refractivity contribution < 1.29 is 9.53 Å². The second-order valence-electron chi connectivity index (χ2n) is 9.40. The molecular formula is C26H28N6O2. The van der Waals surface area contributed by atoms with E-state index in [0.717, 1.165) is 41.0 Å². The topological polar surface area (TPSA) is 107 Å². The molecule has 1 unspecified atom stereocenters. The van der Waals surface area contributed by atoms with E-state index in [-0.39, 0.29) is 17.4 Å². The molecule has 0 bridgehead atoms. The average Bonchev–Trinajstić information content (AvgIpc) is 3.20. The molecule has 5 rings (SSSR count). The molecule has 1 atom stereocenters. The van der Waals surface area contributed by atoms with Crippen LogP contribution >= 0.6 is 0 Å². The van der Waals surface area contributed by atoms with Gasteiger partial charge in [0.25, 0.3) is 5.91 Å². The van der Waals surface area contributed by atoms with E-state index >= 15 is 0 Å². The summed E-state index contributed by atoms with van der Waals surface area (Å²) in [6.07, 6.45) is 7.06. The number of carbonyl (C=O) groups is 1. The van der Waals surface area contributed by atoms with Gasteiger partial charge in [-0.25, -0.2) is 15.0 Å². The molecule has 3 N–H and O–H groups in total. The Labute approximate surface area is 198 Å². The summed E-state index contributed by atoms with van der Waals surface area (Å²) >= 11 is 0. The van der Waals surface area contributed by atoms with E-state index in [1.165, 1.54) is 0 Å². The Bertz CT molecular complexity index is 1360. The van der Waals surface area contributed by atoms with Crippen LogP contribution in [0, 0.1) is 6.92 Å². The molecule has 1 aliphatic rings. The number of rotatable bonds is 4. The van der Waals surface area contributed by atoms with Gasteiger partial charge in [-0.3, -0.25) is 9.20 Å². The van der Waals surface area contributed by atoms with Crippen molar-refractivity contribution in [1.29, 1.82) is 0 Å². The Morgan fingerprint density at radius 3 is 2.71 bits per heavy atom. The number of aromatic nitrogens is 4. The number of anilines is 2. The van der Waals surface area contributed by atoms with Crippen LogP contribution in [0.2, 0.25) is 0 Å². The third-order valence-corrected chi connectivity index (χ3v) is 6.25. The number of imidazole rings is 1. The van der Waals surface area contributed by atoms with Crippen LogP contribution < -0.4 is 11.1 Å². The lowest BCUT2D eigenvalue weighted by atomic mass is 9.88. The molecular weight excluding hydrogens is 428 g/mol. The van der Waals surface area contributed by atoms with Crippen LogP contribution in [-0.2, 0) is 4.74 Å². The highest BCUT2D eigenvalue weighted by molar-refractivity contribution is 6.04. The van der Waals surface area contributed by atoms with Crippen molar-refractivity contribution in [2.45, 2.75) is 45.1 Å². The Hall–Kier alpha value is -3.78. The monoisotopic (exact) mass is 456 g/mol. The number of carbonyl (C=O) groups excluding carboxylic acids is 1. The SMILES string of the molecule is Cc1ccnc(NC(=O)c2ccc(-c3nc(C4CCOC(C)(C)C4)n4ccnc(N)c34)cc2)c1. The molecule has 0 aliphatic carbocycles. The molecule has 8 nitrogen and oxygen atoms in total. The van der Waals surface area contributed by atoms with Crippen LogP contribution in [0.15, 0.2) is 55.0 Å². The van der Waals surface area contributed by atoms with Gasteiger partial charge in [-0.1, -0.05) is 12.1 Å². The highest BCUT2D eigenvalue weighted by atomic mass is 16.5. The van der Waals surface area contributed by atoms with Gasteiger partial charge < -0.3 is 15.8 Å². The fraction of sp³-hybridized carbons (Fsp3) is 0.308. The molecule has 1 amide bonds. The highest BCUT2D eigenvalue weighted by Crippen LogP contribution is 2.38. The zero-order valence-corrected chi connectivity index (χ0v) is 19.6. The fourth-order valence-corrected chi connectivity index (χ4v) is 4.60. The van der Waals surface area contributed by atoms with Crippen LogP contribution in [0.5, 0.6) is 0 Å². The lowest BCUT2D eigenvalue weighted by Gasteiger charge is -2.34. The highest BCUT2D eigenvalue weighted by Gasteiger charge is 2.33. The van der Waals surface area contributed by atoms with Gasteiger partial charge in [0.1, 0.15) is 28.7 Å². The number of hydrogen-bond acceptors (Lipinski definition) is 6. The van der Waals surface area contributed by atoms with Crippen LogP contribution in [0.1, 0.15) is 54.4 Å². The minimum absolute atomic E-state index is 0.200. The Morgan fingerprint density at radius 2 is 1.97 bits per heavy atom. The maximum atomic E-state index is 12.7. The Kier molecular flexibility index (Phi) is 5.53. The minimum Gasteiger partial charge on any atom is -0.382 e. The van der Waals surface area contributed by atoms with Crippen LogP contribution in [0.3, 0.4) is 0 Å². The van der Waals surface area contributed by atoms with Gasteiger partial charge in [0, 0.05) is 42.2 Å². The molecule has 0 spiro atoms. The predicted octanol–water partition coefficient (Wildman–Crippen LogP) is 4.61. The first-order valence-corrected chi connectivity index (χ1v) is 11.4. The van der Waals surface area contributed by atoms with Gasteiger partial charge in [-0.15, -0.1) is 0 Å². The molecule has 0 radical (unpaired) electrons. The smallest absolute Gasteiger partial charge is 0.256 e. The Morgan fingerprint density at radius 1 is 1.18 bits per heavy atom. The van der Waals surface area contributed by atoms with Crippen molar-refractivity contribution >= 4 is 23.1 Å². The van der Waals surface area contributed by atoms with E-state index in [9.17, 15) is 4.79 Å². The molecule has 1 aromatic carbocycles. The summed E-state index contributed by atoms with van der Waals surface area (Å²) < 4.78 is 7.96. The molecule has 4 heterocycles. The number of fused-ring (bicyclic) bond motifs is 1. The number of aryl methyl sites for hydroxylation is 1. The third-order valence-electron chi connectivity index (χ3n) is 6.25. The molecule has 3 aromatic heterocycles. The summed E-state index contributed by atoms with van der Waals surface area (Å²) in [7, 11) is 0. The van der Waals surface area contributed by atoms with E-state index < -0.39 is 0 Å². The molecule has 0 saturated carbocycles. The summed E-state index contributed by atoms with van der Waals surface area (Å²) in [5.41, 5.74) is 10.1. The van der Waals surface area contributed by atoms with Gasteiger partial charge in [-0.2, -0.15) is 0 Å². The van der Waals surface area contributed by atoms with E-state index in [1.54, 1.807) is 24.5 Å². The van der Waals surface area contributed by atoms with Crippen LogP contribution in [0.25, 0.3) is 16.8 Å². The summed E-state index contributed by atoms with van der Waals surface area (Å²) in [4.78, 5) is 26.2. The predicted molar refractivity (Wildman–Crippen MR) is 132 cm³/mol. The second kappa shape index (κ2) is 8.53. The van der Waals surface area contributed by atoms with E-state index in [0.29, 0.717) is 23.8 Å². The molecule has 1 fully saturated rings. The number of hydrogen-bond donors (Lipinski definition) is 2. The van der Waals surface area contributed by atoms with Gasteiger partial charge in [0.05, 0.1) is 5.60 Å². The van der Waals surface area contributed by atoms with Gasteiger partial charge in [-0.05, 0) is 63.4 Å². The summed E-state index contributed by atoms with van der Waals surface area (Å²) in [6.45, 7) is 6.88. The average molecular weight is 457 g/mol. The number of nitrogens with two attached hydrogens (primary N) is 1. The van der Waals surface area contributed by atoms with Crippen molar-refractivity contribution in [2.24, 2.45) is 0 Å². The lowest BCUT2D eigenvalue weighted by molar-refractivity contribution is -0.0603. The van der Waals surface area contributed by atoms with Crippen molar-refractivity contribution in [3.05, 3.63) is 71.9 Å². The molecule has 34 heavy (non-hydrogen) atoms. The van der Waals surface area contributed by atoms with Crippen molar-refractivity contribution in [3.8, 4) is 11.3 Å². The molecule has 1 saturated heterocycles. The van der Waals surface area contributed by atoms with Crippen molar-refractivity contribution in [2.75, 3.05) is 17.7 Å². The van der Waals surface area contributed by atoms with E-state index in [4.69, 9.17) is 15.5 Å². The maximum Gasteiger partial charge on any atom is 0.256 e. The van der Waals surface area contributed by atoms with Crippen LogP contribution in [0.4, 0.5) is 11.6 Å². The number of nitrogen functional groups attached to an aromatic ring is 1. The molecule has 8 heteroatoms. The zero-order valence-electron chi connectivity index (χ0n) is 19.6.